The molecule has 0 rings (SSSR count). The summed E-state index contributed by atoms with van der Waals surface area (Å²) in [6, 6.07) is 0. The van der Waals surface area contributed by atoms with Gasteiger partial charge in [0.25, 0.3) is 0 Å². The van der Waals surface area contributed by atoms with E-state index in [0.717, 1.165) is 32.1 Å². The predicted molar refractivity (Wildman–Crippen MR) is 40.5 cm³/mol. The predicted octanol–water partition coefficient (Wildman–Crippen LogP) is 2.34. The van der Waals surface area contributed by atoms with E-state index in [0.29, 0.717) is 0 Å². The van der Waals surface area contributed by atoms with Crippen LogP contribution < -0.4 is 0 Å². The van der Waals surface area contributed by atoms with E-state index in [-0.39, 0.29) is 19.9 Å². The molecule has 0 aliphatic rings. The smallest absolute Gasteiger partial charge is 0.0431 e. The summed E-state index contributed by atoms with van der Waals surface area (Å²) >= 11 is 0. The number of unbranched alkanes of at least 4 members (excludes halogenated alkanes) is 3. The first-order chi connectivity index (χ1) is 5.31. The first-order valence-corrected chi connectivity index (χ1v) is 3.63. The average Bonchev–Trinajstić information content (AvgIpc) is 2.04. The molecule has 0 aliphatic heterocycles. The number of hydrogen-bond donors (Lipinski definition) is 1. The highest BCUT2D eigenvalue weighted by Gasteiger charge is 1.86. The number of aliphatic hydroxyl groups excluding tert-OH is 1. The molecule has 0 aromatic carbocycles. The second-order valence-corrected chi connectivity index (χ2v) is 2.22. The minimum absolute atomic E-state index is 0.191. The molecule has 0 aromatic heterocycles. The second kappa shape index (κ2) is 7.96. The third-order valence-electron chi connectivity index (χ3n) is 1.32. The molecule has 0 fully saturated rings. The van der Waals surface area contributed by atoms with Gasteiger partial charge in [0, 0.05) is 9.35 Å². The first-order valence-electron chi connectivity index (χ1n) is 4.92. The van der Waals surface area contributed by atoms with Gasteiger partial charge in [0.15, 0.2) is 0 Å². The molecule has 0 saturated carbocycles. The topological polar surface area (TPSA) is 20.2 Å². The molecular weight excluding hydrogens is 112 g/mol. The Balaban J connectivity index is 2.89. The van der Waals surface area contributed by atoms with E-state index in [1.165, 1.54) is 0 Å². The minimum Gasteiger partial charge on any atom is -0.396 e. The van der Waals surface area contributed by atoms with Crippen molar-refractivity contribution in [2.24, 2.45) is 0 Å². The van der Waals surface area contributed by atoms with Crippen molar-refractivity contribution in [3.05, 3.63) is 0 Å². The summed E-state index contributed by atoms with van der Waals surface area (Å²) in [4.78, 5) is 0. The lowest BCUT2D eigenvalue weighted by Crippen LogP contribution is -1.82. The molecule has 1 heteroatoms. The normalized spacial score (nSPS) is 16.6. The molecule has 0 bridgehead atoms. The first kappa shape index (κ1) is 5.72. The molecule has 0 heterocycles. The molecule has 1 unspecified atom stereocenters. The van der Waals surface area contributed by atoms with Crippen molar-refractivity contribution in [1.82, 2.24) is 0 Å². The Labute approximate surface area is 60.9 Å². The maximum Gasteiger partial charge on any atom is 0.0431 e. The lowest BCUT2D eigenvalue weighted by Gasteiger charge is -1.95. The van der Waals surface area contributed by atoms with Gasteiger partial charge in [0.05, 0.1) is 0 Å². The van der Waals surface area contributed by atoms with Crippen LogP contribution in [0.4, 0.5) is 0 Å². The monoisotopic (exact) mass is 132 g/mol. The van der Waals surface area contributed by atoms with E-state index < -0.39 is 0 Å². The van der Waals surface area contributed by atoms with Crippen LogP contribution in [-0.2, 0) is 0 Å². The van der Waals surface area contributed by atoms with Crippen LogP contribution in [0.15, 0.2) is 0 Å². The number of hydrogen-bond acceptors (Lipinski definition) is 1. The maximum atomic E-state index is 8.45. The van der Waals surface area contributed by atoms with Gasteiger partial charge in [0.2, 0.25) is 0 Å². The number of aliphatic hydroxyl groups is 1. The fourth-order valence-corrected chi connectivity index (χ4v) is 0.754. The standard InChI is InChI=1S/C8H18O/c1-2-3-4-5-6-7-8-9/h9H,2-8H2,1H3/i1D,2D. The molecule has 1 N–H and O–H groups in total. The molecule has 1 nitrogen and oxygen atoms in total. The zero-order valence-electron chi connectivity index (χ0n) is 7.97. The van der Waals surface area contributed by atoms with E-state index in [9.17, 15) is 0 Å². The molecule has 0 aromatic rings. The molecule has 56 valence electrons. The Bertz CT molecular complexity index is 78.5. The minimum atomic E-state index is -0.191. The molecular formula is C8H18O. The highest BCUT2D eigenvalue weighted by Crippen LogP contribution is 2.03. The van der Waals surface area contributed by atoms with Crippen LogP contribution in [-0.4, -0.2) is 11.7 Å². The molecule has 0 saturated heterocycles. The second-order valence-electron chi connectivity index (χ2n) is 2.22. The summed E-state index contributed by atoms with van der Waals surface area (Å²) in [6.45, 7) is 0.503. The van der Waals surface area contributed by atoms with Crippen LogP contribution in [0.25, 0.3) is 0 Å². The zero-order valence-corrected chi connectivity index (χ0v) is 5.97. The van der Waals surface area contributed by atoms with Crippen LogP contribution in [0.1, 0.15) is 48.1 Å². The van der Waals surface area contributed by atoms with Crippen LogP contribution in [0, 0.1) is 0 Å². The van der Waals surface area contributed by atoms with Crippen molar-refractivity contribution in [1.29, 1.82) is 0 Å². The Kier molecular flexibility index (Phi) is 5.06. The lowest BCUT2D eigenvalue weighted by molar-refractivity contribution is 0.282. The zero-order chi connectivity index (χ0) is 8.53. The van der Waals surface area contributed by atoms with Crippen molar-refractivity contribution >= 4 is 0 Å². The van der Waals surface area contributed by atoms with Gasteiger partial charge < -0.3 is 5.11 Å². The van der Waals surface area contributed by atoms with Crippen LogP contribution in [0.5, 0.6) is 0 Å². The van der Waals surface area contributed by atoms with Crippen molar-refractivity contribution in [3.63, 3.8) is 0 Å². The van der Waals surface area contributed by atoms with Crippen LogP contribution in [0.3, 0.4) is 0 Å². The Morgan fingerprint density at radius 1 is 1.22 bits per heavy atom. The quantitative estimate of drug-likeness (QED) is 0.550. The Morgan fingerprint density at radius 3 is 2.56 bits per heavy atom. The lowest BCUT2D eigenvalue weighted by atomic mass is 10.1. The van der Waals surface area contributed by atoms with Crippen molar-refractivity contribution in [2.75, 3.05) is 6.61 Å². The fraction of sp³-hybridized carbons (Fsp3) is 1.00. The fourth-order valence-electron chi connectivity index (χ4n) is 0.754. The number of rotatable bonds is 6. The molecule has 0 radical (unpaired) electrons. The van der Waals surface area contributed by atoms with E-state index in [1.807, 2.05) is 0 Å². The van der Waals surface area contributed by atoms with Gasteiger partial charge in [-0.3, -0.25) is 0 Å². The Hall–Kier alpha value is -0.0400. The molecule has 1 atom stereocenters. The van der Waals surface area contributed by atoms with Gasteiger partial charge in [-0.15, -0.1) is 0 Å². The van der Waals surface area contributed by atoms with Gasteiger partial charge in [-0.25, -0.2) is 0 Å². The van der Waals surface area contributed by atoms with Crippen LogP contribution in [0.2, 0.25) is 0 Å². The summed E-state index contributed by atoms with van der Waals surface area (Å²) in [5, 5.41) is 8.45. The molecule has 0 spiro atoms. The van der Waals surface area contributed by atoms with Gasteiger partial charge in [-0.05, 0) is 6.42 Å². The van der Waals surface area contributed by atoms with E-state index >= 15 is 0 Å². The van der Waals surface area contributed by atoms with Gasteiger partial charge in [-0.1, -0.05) is 39.0 Å². The van der Waals surface area contributed by atoms with E-state index in [2.05, 4.69) is 0 Å². The SMILES string of the molecule is [2H]CC([2H])CCCCCCO. The van der Waals surface area contributed by atoms with Crippen molar-refractivity contribution in [2.45, 2.75) is 45.4 Å². The summed E-state index contributed by atoms with van der Waals surface area (Å²) in [6.07, 6.45) is 4.71. The van der Waals surface area contributed by atoms with Gasteiger partial charge in [0.1, 0.15) is 0 Å². The summed E-state index contributed by atoms with van der Waals surface area (Å²) in [7, 11) is 0. The van der Waals surface area contributed by atoms with E-state index in [4.69, 9.17) is 7.85 Å². The van der Waals surface area contributed by atoms with Gasteiger partial charge in [-0.2, -0.15) is 0 Å². The maximum absolute atomic E-state index is 8.45. The summed E-state index contributed by atoms with van der Waals surface area (Å²) in [5.41, 5.74) is 0. The third kappa shape index (κ3) is 7.96. The largest absolute Gasteiger partial charge is 0.396 e. The molecule has 9 heavy (non-hydrogen) atoms. The molecule has 0 aliphatic carbocycles. The average molecular weight is 132 g/mol. The van der Waals surface area contributed by atoms with Gasteiger partial charge >= 0.3 is 0 Å². The highest BCUT2D eigenvalue weighted by molar-refractivity contribution is 4.41. The molecule has 0 amide bonds. The summed E-state index contributed by atoms with van der Waals surface area (Å²) < 4.78 is 14.2. The van der Waals surface area contributed by atoms with Crippen LogP contribution >= 0.6 is 0 Å². The highest BCUT2D eigenvalue weighted by atomic mass is 16.2. The Morgan fingerprint density at radius 2 is 1.89 bits per heavy atom. The van der Waals surface area contributed by atoms with Crippen molar-refractivity contribution in [3.8, 4) is 0 Å². The summed E-state index contributed by atoms with van der Waals surface area (Å²) in [5.74, 6) is 0. The van der Waals surface area contributed by atoms with E-state index in [1.54, 1.807) is 0 Å². The van der Waals surface area contributed by atoms with Crippen molar-refractivity contribution < 1.29 is 7.85 Å². The third-order valence-corrected chi connectivity index (χ3v) is 1.32.